The van der Waals surface area contributed by atoms with Gasteiger partial charge in [0.25, 0.3) is 0 Å². The van der Waals surface area contributed by atoms with E-state index >= 15 is 0 Å². The van der Waals surface area contributed by atoms with Gasteiger partial charge in [0, 0.05) is 11.0 Å². The summed E-state index contributed by atoms with van der Waals surface area (Å²) in [5.74, 6) is -0.165. The Morgan fingerprint density at radius 3 is 2.26 bits per heavy atom. The number of anilines is 1. The van der Waals surface area contributed by atoms with E-state index in [0.717, 1.165) is 5.56 Å². The highest BCUT2D eigenvalue weighted by Crippen LogP contribution is 2.34. The zero-order valence-electron chi connectivity index (χ0n) is 9.55. The summed E-state index contributed by atoms with van der Waals surface area (Å²) in [5.41, 5.74) is 1.33. The molecule has 2 N–H and O–H groups in total. The van der Waals surface area contributed by atoms with Gasteiger partial charge in [0.1, 0.15) is 11.6 Å². The van der Waals surface area contributed by atoms with Gasteiger partial charge in [-0.2, -0.15) is 0 Å². The highest BCUT2D eigenvalue weighted by Gasteiger charge is 2.08. The predicted octanol–water partition coefficient (Wildman–Crippen LogP) is 5.43. The Hall–Kier alpha value is -0.590. The maximum atomic E-state index is 13.6. The maximum Gasteiger partial charge on any atom is 0.147 e. The zero-order valence-corrected chi connectivity index (χ0v) is 14.3. The number of rotatable bonds is 3. The molecule has 0 amide bonds. The van der Waals surface area contributed by atoms with E-state index < -0.39 is 0 Å². The third-order valence-electron chi connectivity index (χ3n) is 2.51. The molecule has 2 nitrogen and oxygen atoms in total. The molecular weight excluding hydrogens is 445 g/mol. The molecule has 0 bridgehead atoms. The molecule has 0 aliphatic heterocycles. The summed E-state index contributed by atoms with van der Waals surface area (Å²) >= 11 is 9.82. The number of para-hydroxylation sites is 1. The van der Waals surface area contributed by atoms with Crippen LogP contribution in [-0.2, 0) is 6.54 Å². The number of hydrogen-bond acceptors (Lipinski definition) is 2. The number of halogens is 4. The fourth-order valence-corrected chi connectivity index (χ4v) is 3.34. The molecule has 0 aliphatic rings. The van der Waals surface area contributed by atoms with Crippen LogP contribution in [0, 0.1) is 5.82 Å². The van der Waals surface area contributed by atoms with Crippen LogP contribution in [0.15, 0.2) is 43.7 Å². The molecule has 100 valence electrons. The quantitative estimate of drug-likeness (QED) is 0.649. The van der Waals surface area contributed by atoms with Crippen LogP contribution in [0.25, 0.3) is 0 Å². The number of hydrogen-bond donors (Lipinski definition) is 2. The summed E-state index contributed by atoms with van der Waals surface area (Å²) in [4.78, 5) is 0. The molecule has 0 unspecified atom stereocenters. The van der Waals surface area contributed by atoms with Crippen LogP contribution in [0.4, 0.5) is 10.1 Å². The molecule has 0 atom stereocenters. The minimum Gasteiger partial charge on any atom is -0.506 e. The van der Waals surface area contributed by atoms with E-state index in [1.165, 1.54) is 6.07 Å². The van der Waals surface area contributed by atoms with E-state index in [1.54, 1.807) is 24.3 Å². The van der Waals surface area contributed by atoms with Gasteiger partial charge in [-0.05, 0) is 77.6 Å². The summed E-state index contributed by atoms with van der Waals surface area (Å²) in [5, 5.41) is 12.6. The monoisotopic (exact) mass is 451 g/mol. The third kappa shape index (κ3) is 3.49. The minimum absolute atomic E-state index is 0.149. The van der Waals surface area contributed by atoms with Gasteiger partial charge in [0.2, 0.25) is 0 Å². The SMILES string of the molecule is Oc1c(Br)cc(CNc2c(F)cccc2Br)cc1Br. The Morgan fingerprint density at radius 1 is 1.05 bits per heavy atom. The predicted molar refractivity (Wildman–Crippen MR) is 84.9 cm³/mol. The summed E-state index contributed by atoms with van der Waals surface area (Å²) in [6.45, 7) is 0.441. The van der Waals surface area contributed by atoms with Crippen molar-refractivity contribution in [2.24, 2.45) is 0 Å². The van der Waals surface area contributed by atoms with Crippen molar-refractivity contribution in [1.82, 2.24) is 0 Å². The molecule has 0 aromatic heterocycles. The minimum atomic E-state index is -0.314. The van der Waals surface area contributed by atoms with Gasteiger partial charge in [-0.15, -0.1) is 0 Å². The normalized spacial score (nSPS) is 10.5. The van der Waals surface area contributed by atoms with Gasteiger partial charge in [0.05, 0.1) is 14.6 Å². The molecule has 19 heavy (non-hydrogen) atoms. The fraction of sp³-hybridized carbons (Fsp3) is 0.0769. The number of phenolic OH excluding ortho intramolecular Hbond substituents is 1. The van der Waals surface area contributed by atoms with Crippen molar-refractivity contribution in [2.75, 3.05) is 5.32 Å². The molecule has 0 saturated heterocycles. The van der Waals surface area contributed by atoms with Gasteiger partial charge in [-0.1, -0.05) is 6.07 Å². The number of phenols is 1. The van der Waals surface area contributed by atoms with Crippen molar-refractivity contribution in [2.45, 2.75) is 6.54 Å². The van der Waals surface area contributed by atoms with E-state index in [0.29, 0.717) is 25.7 Å². The Bertz CT molecular complexity index is 576. The average molecular weight is 454 g/mol. The van der Waals surface area contributed by atoms with Crippen molar-refractivity contribution in [3.8, 4) is 5.75 Å². The highest BCUT2D eigenvalue weighted by atomic mass is 79.9. The first-order valence-electron chi connectivity index (χ1n) is 5.34. The summed E-state index contributed by atoms with van der Waals surface area (Å²) < 4.78 is 15.5. The lowest BCUT2D eigenvalue weighted by Gasteiger charge is -2.11. The lowest BCUT2D eigenvalue weighted by atomic mass is 10.2. The van der Waals surface area contributed by atoms with Gasteiger partial charge < -0.3 is 10.4 Å². The van der Waals surface area contributed by atoms with Crippen LogP contribution in [0.2, 0.25) is 0 Å². The molecule has 2 aromatic carbocycles. The van der Waals surface area contributed by atoms with Crippen LogP contribution >= 0.6 is 47.8 Å². The highest BCUT2D eigenvalue weighted by molar-refractivity contribution is 9.11. The van der Waals surface area contributed by atoms with E-state index in [2.05, 4.69) is 53.1 Å². The number of nitrogens with one attached hydrogen (secondary N) is 1. The molecule has 0 radical (unpaired) electrons. The third-order valence-corrected chi connectivity index (χ3v) is 4.38. The van der Waals surface area contributed by atoms with Crippen molar-refractivity contribution in [1.29, 1.82) is 0 Å². The molecule has 0 saturated carbocycles. The number of aromatic hydroxyl groups is 1. The van der Waals surface area contributed by atoms with Crippen LogP contribution in [0.3, 0.4) is 0 Å². The Balaban J connectivity index is 2.19. The smallest absolute Gasteiger partial charge is 0.147 e. The van der Waals surface area contributed by atoms with Crippen LogP contribution in [-0.4, -0.2) is 5.11 Å². The van der Waals surface area contributed by atoms with Crippen molar-refractivity contribution in [3.05, 3.63) is 55.1 Å². The number of benzene rings is 2. The molecular formula is C13H9Br3FNO. The molecule has 0 spiro atoms. The Morgan fingerprint density at radius 2 is 1.68 bits per heavy atom. The Labute approximate surface area is 135 Å². The molecule has 2 rings (SSSR count). The van der Waals surface area contributed by atoms with Crippen LogP contribution in [0.1, 0.15) is 5.56 Å². The van der Waals surface area contributed by atoms with Gasteiger partial charge in [-0.25, -0.2) is 4.39 Å². The second-order valence-corrected chi connectivity index (χ2v) is 6.42. The topological polar surface area (TPSA) is 32.3 Å². The molecule has 0 aliphatic carbocycles. The van der Waals surface area contributed by atoms with Gasteiger partial charge >= 0.3 is 0 Å². The summed E-state index contributed by atoms with van der Waals surface area (Å²) in [6.07, 6.45) is 0. The maximum absolute atomic E-state index is 13.6. The lowest BCUT2D eigenvalue weighted by molar-refractivity contribution is 0.468. The van der Waals surface area contributed by atoms with Crippen molar-refractivity contribution in [3.63, 3.8) is 0 Å². The van der Waals surface area contributed by atoms with Gasteiger partial charge in [0.15, 0.2) is 0 Å². The molecule has 6 heteroatoms. The van der Waals surface area contributed by atoms with E-state index in [-0.39, 0.29) is 11.6 Å². The summed E-state index contributed by atoms with van der Waals surface area (Å²) in [7, 11) is 0. The molecule has 0 heterocycles. The molecule has 0 fully saturated rings. The molecule has 2 aromatic rings. The first-order valence-corrected chi connectivity index (χ1v) is 7.71. The average Bonchev–Trinajstić information content (AvgIpc) is 2.35. The first kappa shape index (κ1) is 14.8. The second-order valence-electron chi connectivity index (χ2n) is 3.86. The van der Waals surface area contributed by atoms with E-state index in [1.807, 2.05) is 0 Å². The largest absolute Gasteiger partial charge is 0.506 e. The first-order chi connectivity index (χ1) is 8.99. The zero-order chi connectivity index (χ0) is 14.0. The van der Waals surface area contributed by atoms with Crippen LogP contribution in [0.5, 0.6) is 5.75 Å². The standard InChI is InChI=1S/C13H9Br3FNO/c14-8-2-1-3-11(17)12(8)18-6-7-4-9(15)13(19)10(16)5-7/h1-5,18-19H,6H2. The lowest BCUT2D eigenvalue weighted by Crippen LogP contribution is -2.02. The van der Waals surface area contributed by atoms with E-state index in [4.69, 9.17) is 0 Å². The van der Waals surface area contributed by atoms with Crippen molar-refractivity contribution >= 4 is 53.5 Å². The van der Waals surface area contributed by atoms with E-state index in [9.17, 15) is 9.50 Å². The fourth-order valence-electron chi connectivity index (χ4n) is 1.58. The van der Waals surface area contributed by atoms with Crippen molar-refractivity contribution < 1.29 is 9.50 Å². The summed E-state index contributed by atoms with van der Waals surface area (Å²) in [6, 6.07) is 8.37. The Kier molecular flexibility index (Phi) is 4.86. The second kappa shape index (κ2) is 6.24. The van der Waals surface area contributed by atoms with Gasteiger partial charge in [-0.3, -0.25) is 0 Å². The van der Waals surface area contributed by atoms with Crippen LogP contribution < -0.4 is 5.32 Å².